The summed E-state index contributed by atoms with van der Waals surface area (Å²) in [6, 6.07) is 21.4. The maximum atomic E-state index is 12.6. The zero-order chi connectivity index (χ0) is 21.5. The van der Waals surface area contributed by atoms with Crippen molar-refractivity contribution < 1.29 is 9.59 Å². The summed E-state index contributed by atoms with van der Waals surface area (Å²) in [6.45, 7) is 1.94. The molecule has 0 aliphatic rings. The summed E-state index contributed by atoms with van der Waals surface area (Å²) in [5.41, 5.74) is 2.62. The first kappa shape index (κ1) is 21.7. The SMILES string of the molecule is CC(NC(=O)c1cccc(NC(=O)CNc2ccc(Cl)cc2Cl)c1)c1ccccc1. The Balaban J connectivity index is 1.58. The van der Waals surface area contributed by atoms with Gasteiger partial charge in [0, 0.05) is 16.3 Å². The predicted octanol–water partition coefficient (Wildman–Crippen LogP) is 5.54. The van der Waals surface area contributed by atoms with Crippen LogP contribution < -0.4 is 16.0 Å². The Kier molecular flexibility index (Phi) is 7.33. The minimum absolute atomic E-state index is 0.0167. The van der Waals surface area contributed by atoms with E-state index in [4.69, 9.17) is 23.2 Å². The molecular formula is C23H21Cl2N3O2. The molecular weight excluding hydrogens is 421 g/mol. The van der Waals surface area contributed by atoms with Crippen LogP contribution in [0.25, 0.3) is 0 Å². The van der Waals surface area contributed by atoms with Crippen LogP contribution in [0.4, 0.5) is 11.4 Å². The summed E-state index contributed by atoms with van der Waals surface area (Å²) in [4.78, 5) is 24.8. The minimum atomic E-state index is -0.267. The number of carbonyl (C=O) groups excluding carboxylic acids is 2. The van der Waals surface area contributed by atoms with Gasteiger partial charge in [-0.1, -0.05) is 59.6 Å². The fourth-order valence-corrected chi connectivity index (χ4v) is 3.33. The summed E-state index contributed by atoms with van der Waals surface area (Å²) < 4.78 is 0. The van der Waals surface area contributed by atoms with Crippen LogP contribution in [0.1, 0.15) is 28.9 Å². The van der Waals surface area contributed by atoms with E-state index in [2.05, 4.69) is 16.0 Å². The topological polar surface area (TPSA) is 70.2 Å². The van der Waals surface area contributed by atoms with Gasteiger partial charge in [-0.3, -0.25) is 9.59 Å². The Morgan fingerprint density at radius 2 is 1.70 bits per heavy atom. The standard InChI is InChI=1S/C23H21Cl2N3O2/c1-15(16-6-3-2-4-7-16)27-23(30)17-8-5-9-19(12-17)28-22(29)14-26-21-11-10-18(24)13-20(21)25/h2-13,15,26H,14H2,1H3,(H,27,30)(H,28,29). The summed E-state index contributed by atoms with van der Waals surface area (Å²) in [5, 5.41) is 9.65. The molecule has 3 rings (SSSR count). The average Bonchev–Trinajstić information content (AvgIpc) is 2.74. The molecule has 154 valence electrons. The second-order valence-corrected chi connectivity index (χ2v) is 7.56. The van der Waals surface area contributed by atoms with Gasteiger partial charge < -0.3 is 16.0 Å². The molecule has 0 fully saturated rings. The largest absolute Gasteiger partial charge is 0.375 e. The zero-order valence-electron chi connectivity index (χ0n) is 16.3. The van der Waals surface area contributed by atoms with Gasteiger partial charge in [0.25, 0.3) is 5.91 Å². The molecule has 1 atom stereocenters. The quantitative estimate of drug-likeness (QED) is 0.450. The molecule has 0 heterocycles. The summed E-state index contributed by atoms with van der Waals surface area (Å²) >= 11 is 12.0. The molecule has 30 heavy (non-hydrogen) atoms. The summed E-state index contributed by atoms with van der Waals surface area (Å²) in [5.74, 6) is -0.482. The normalized spacial score (nSPS) is 11.4. The zero-order valence-corrected chi connectivity index (χ0v) is 17.8. The Labute approximate surface area is 185 Å². The van der Waals surface area contributed by atoms with Gasteiger partial charge in [0.2, 0.25) is 5.91 Å². The van der Waals surface area contributed by atoms with E-state index in [1.807, 2.05) is 37.3 Å². The Hall–Kier alpha value is -3.02. The monoisotopic (exact) mass is 441 g/mol. The molecule has 3 aromatic rings. The molecule has 0 saturated carbocycles. The van der Waals surface area contributed by atoms with Crippen molar-refractivity contribution in [3.05, 3.63) is 94.0 Å². The van der Waals surface area contributed by atoms with Crippen LogP contribution in [-0.2, 0) is 4.79 Å². The third kappa shape index (κ3) is 5.99. The number of rotatable bonds is 7. The molecule has 7 heteroatoms. The van der Waals surface area contributed by atoms with Crippen LogP contribution in [0.2, 0.25) is 10.0 Å². The molecule has 0 saturated heterocycles. The molecule has 0 aliphatic carbocycles. The van der Waals surface area contributed by atoms with Crippen LogP contribution in [0.5, 0.6) is 0 Å². The van der Waals surface area contributed by atoms with Crippen LogP contribution in [0.15, 0.2) is 72.8 Å². The number of hydrogen-bond acceptors (Lipinski definition) is 3. The van der Waals surface area contributed by atoms with Crippen LogP contribution in [0.3, 0.4) is 0 Å². The lowest BCUT2D eigenvalue weighted by Crippen LogP contribution is -2.27. The number of carbonyl (C=O) groups is 2. The van der Waals surface area contributed by atoms with Gasteiger partial charge in [0.15, 0.2) is 0 Å². The molecule has 2 amide bonds. The number of halogens is 2. The van der Waals surface area contributed by atoms with Gasteiger partial charge >= 0.3 is 0 Å². The van der Waals surface area contributed by atoms with Gasteiger partial charge in [-0.05, 0) is 48.9 Å². The Morgan fingerprint density at radius 1 is 0.933 bits per heavy atom. The van der Waals surface area contributed by atoms with E-state index >= 15 is 0 Å². The van der Waals surface area contributed by atoms with Crippen molar-refractivity contribution in [1.82, 2.24) is 5.32 Å². The lowest BCUT2D eigenvalue weighted by Gasteiger charge is -2.15. The summed E-state index contributed by atoms with van der Waals surface area (Å²) in [7, 11) is 0. The highest BCUT2D eigenvalue weighted by Crippen LogP contribution is 2.25. The molecule has 3 aromatic carbocycles. The number of anilines is 2. The molecule has 0 aliphatic heterocycles. The predicted molar refractivity (Wildman–Crippen MR) is 122 cm³/mol. The van der Waals surface area contributed by atoms with E-state index in [-0.39, 0.29) is 24.4 Å². The third-order valence-corrected chi connectivity index (χ3v) is 4.97. The number of amides is 2. The van der Waals surface area contributed by atoms with Crippen molar-refractivity contribution in [2.75, 3.05) is 17.2 Å². The van der Waals surface area contributed by atoms with E-state index in [1.165, 1.54) is 0 Å². The van der Waals surface area contributed by atoms with Crippen molar-refractivity contribution in [3.63, 3.8) is 0 Å². The number of nitrogens with one attached hydrogen (secondary N) is 3. The fourth-order valence-electron chi connectivity index (χ4n) is 2.86. The average molecular weight is 442 g/mol. The van der Waals surface area contributed by atoms with Crippen molar-refractivity contribution in [3.8, 4) is 0 Å². The van der Waals surface area contributed by atoms with Crippen molar-refractivity contribution in [1.29, 1.82) is 0 Å². The van der Waals surface area contributed by atoms with Crippen molar-refractivity contribution in [2.45, 2.75) is 13.0 Å². The molecule has 5 nitrogen and oxygen atoms in total. The molecule has 1 unspecified atom stereocenters. The number of benzene rings is 3. The Morgan fingerprint density at radius 3 is 2.43 bits per heavy atom. The maximum absolute atomic E-state index is 12.6. The van der Waals surface area contributed by atoms with Crippen LogP contribution in [-0.4, -0.2) is 18.4 Å². The number of hydrogen-bond donors (Lipinski definition) is 3. The van der Waals surface area contributed by atoms with Crippen molar-refractivity contribution in [2.24, 2.45) is 0 Å². The van der Waals surface area contributed by atoms with Gasteiger partial charge in [-0.15, -0.1) is 0 Å². The first-order valence-corrected chi connectivity index (χ1v) is 10.1. The highest BCUT2D eigenvalue weighted by molar-refractivity contribution is 6.36. The smallest absolute Gasteiger partial charge is 0.251 e. The van der Waals surface area contributed by atoms with Gasteiger partial charge in [0.1, 0.15) is 0 Å². The lowest BCUT2D eigenvalue weighted by molar-refractivity contribution is -0.114. The second kappa shape index (κ2) is 10.1. The lowest BCUT2D eigenvalue weighted by atomic mass is 10.1. The summed E-state index contributed by atoms with van der Waals surface area (Å²) in [6.07, 6.45) is 0. The van der Waals surface area contributed by atoms with E-state index in [9.17, 15) is 9.59 Å². The molecule has 0 spiro atoms. The molecule has 3 N–H and O–H groups in total. The fraction of sp³-hybridized carbons (Fsp3) is 0.130. The van der Waals surface area contributed by atoms with Gasteiger partial charge in [0.05, 0.1) is 23.3 Å². The van der Waals surface area contributed by atoms with Crippen molar-refractivity contribution >= 4 is 46.4 Å². The second-order valence-electron chi connectivity index (χ2n) is 6.71. The first-order chi connectivity index (χ1) is 14.4. The highest BCUT2D eigenvalue weighted by Gasteiger charge is 2.12. The van der Waals surface area contributed by atoms with Crippen LogP contribution in [0, 0.1) is 0 Å². The van der Waals surface area contributed by atoms with E-state index < -0.39 is 0 Å². The first-order valence-electron chi connectivity index (χ1n) is 9.37. The van der Waals surface area contributed by atoms with E-state index in [0.717, 1.165) is 5.56 Å². The Bertz CT molecular complexity index is 1040. The third-order valence-electron chi connectivity index (χ3n) is 4.43. The van der Waals surface area contributed by atoms with Crippen LogP contribution >= 0.6 is 23.2 Å². The molecule has 0 radical (unpaired) electrons. The maximum Gasteiger partial charge on any atom is 0.251 e. The van der Waals surface area contributed by atoms with Gasteiger partial charge in [-0.2, -0.15) is 0 Å². The minimum Gasteiger partial charge on any atom is -0.375 e. The van der Waals surface area contributed by atoms with E-state index in [0.29, 0.717) is 27.0 Å². The molecule has 0 aromatic heterocycles. The highest BCUT2D eigenvalue weighted by atomic mass is 35.5. The van der Waals surface area contributed by atoms with E-state index in [1.54, 1.807) is 42.5 Å². The van der Waals surface area contributed by atoms with Gasteiger partial charge in [-0.25, -0.2) is 0 Å². The molecule has 0 bridgehead atoms.